The Morgan fingerprint density at radius 1 is 1.54 bits per heavy atom. The number of hydrogen-bond donors (Lipinski definition) is 0. The Bertz CT molecular complexity index is 314. The standard InChI is InChI=1S/C8H10BrN3O/c1-13-7-6(9)5-10-8(11-7)12-3-2-4-12/h5H,2-4H2,1H3. The Hall–Kier alpha value is -0.840. The molecule has 0 radical (unpaired) electrons. The van der Waals surface area contributed by atoms with Crippen LogP contribution in [0.2, 0.25) is 0 Å². The number of methoxy groups -OCH3 is 1. The van der Waals surface area contributed by atoms with Gasteiger partial charge >= 0.3 is 0 Å². The summed E-state index contributed by atoms with van der Waals surface area (Å²) >= 11 is 3.31. The molecule has 0 N–H and O–H groups in total. The number of rotatable bonds is 2. The van der Waals surface area contributed by atoms with E-state index >= 15 is 0 Å². The molecule has 0 aliphatic carbocycles. The van der Waals surface area contributed by atoms with E-state index in [0.29, 0.717) is 5.88 Å². The van der Waals surface area contributed by atoms with E-state index in [1.54, 1.807) is 13.3 Å². The van der Waals surface area contributed by atoms with E-state index < -0.39 is 0 Å². The summed E-state index contributed by atoms with van der Waals surface area (Å²) in [6, 6.07) is 0. The molecule has 0 spiro atoms. The van der Waals surface area contributed by atoms with Crippen molar-refractivity contribution in [1.29, 1.82) is 0 Å². The molecule has 13 heavy (non-hydrogen) atoms. The maximum atomic E-state index is 5.08. The van der Waals surface area contributed by atoms with E-state index in [1.807, 2.05) is 0 Å². The van der Waals surface area contributed by atoms with Crippen LogP contribution in [0.1, 0.15) is 6.42 Å². The van der Waals surface area contributed by atoms with Gasteiger partial charge in [-0.3, -0.25) is 0 Å². The van der Waals surface area contributed by atoms with Gasteiger partial charge in [0, 0.05) is 13.1 Å². The molecule has 2 heterocycles. The lowest BCUT2D eigenvalue weighted by Crippen LogP contribution is -2.38. The van der Waals surface area contributed by atoms with Crippen LogP contribution in [0.15, 0.2) is 10.7 Å². The zero-order valence-electron chi connectivity index (χ0n) is 7.33. The second-order valence-electron chi connectivity index (χ2n) is 2.87. The molecule has 1 aromatic rings. The van der Waals surface area contributed by atoms with Gasteiger partial charge in [0.15, 0.2) is 0 Å². The van der Waals surface area contributed by atoms with Crippen LogP contribution in [-0.4, -0.2) is 30.2 Å². The molecule has 4 nitrogen and oxygen atoms in total. The van der Waals surface area contributed by atoms with Crippen molar-refractivity contribution < 1.29 is 4.74 Å². The van der Waals surface area contributed by atoms with Crippen LogP contribution in [0.4, 0.5) is 5.95 Å². The molecule has 0 saturated carbocycles. The maximum Gasteiger partial charge on any atom is 0.232 e. The Kier molecular flexibility index (Phi) is 2.35. The quantitative estimate of drug-likeness (QED) is 0.789. The predicted octanol–water partition coefficient (Wildman–Crippen LogP) is 1.46. The number of anilines is 1. The highest BCUT2D eigenvalue weighted by molar-refractivity contribution is 9.10. The van der Waals surface area contributed by atoms with Crippen LogP contribution in [0.5, 0.6) is 5.88 Å². The highest BCUT2D eigenvalue weighted by atomic mass is 79.9. The third-order valence-corrected chi connectivity index (χ3v) is 2.58. The minimum Gasteiger partial charge on any atom is -0.480 e. The van der Waals surface area contributed by atoms with Crippen molar-refractivity contribution >= 4 is 21.9 Å². The van der Waals surface area contributed by atoms with Gasteiger partial charge < -0.3 is 9.64 Å². The lowest BCUT2D eigenvalue weighted by molar-refractivity contribution is 0.393. The third kappa shape index (κ3) is 1.60. The van der Waals surface area contributed by atoms with E-state index in [9.17, 15) is 0 Å². The number of aromatic nitrogens is 2. The molecule has 0 amide bonds. The summed E-state index contributed by atoms with van der Waals surface area (Å²) in [5.74, 6) is 1.35. The lowest BCUT2D eigenvalue weighted by Gasteiger charge is -2.30. The second kappa shape index (κ2) is 3.49. The Morgan fingerprint density at radius 2 is 2.31 bits per heavy atom. The third-order valence-electron chi connectivity index (χ3n) is 2.03. The molecule has 1 saturated heterocycles. The van der Waals surface area contributed by atoms with E-state index in [4.69, 9.17) is 4.74 Å². The lowest BCUT2D eigenvalue weighted by atomic mass is 10.2. The molecule has 1 aromatic heterocycles. The van der Waals surface area contributed by atoms with Gasteiger partial charge in [-0.1, -0.05) is 0 Å². The van der Waals surface area contributed by atoms with E-state index in [-0.39, 0.29) is 0 Å². The summed E-state index contributed by atoms with van der Waals surface area (Å²) in [7, 11) is 1.60. The first-order valence-electron chi connectivity index (χ1n) is 4.13. The van der Waals surface area contributed by atoms with Gasteiger partial charge in [0.2, 0.25) is 11.8 Å². The van der Waals surface area contributed by atoms with Crippen molar-refractivity contribution in [3.05, 3.63) is 10.7 Å². The van der Waals surface area contributed by atoms with Gasteiger partial charge in [0.1, 0.15) is 0 Å². The Balaban J connectivity index is 2.26. The van der Waals surface area contributed by atoms with E-state index in [0.717, 1.165) is 23.5 Å². The molecular weight excluding hydrogens is 234 g/mol. The Labute approximate surface area is 85.1 Å². The first-order valence-corrected chi connectivity index (χ1v) is 4.92. The molecule has 2 rings (SSSR count). The van der Waals surface area contributed by atoms with E-state index in [2.05, 4.69) is 30.8 Å². The normalized spacial score (nSPS) is 15.4. The zero-order chi connectivity index (χ0) is 9.26. The topological polar surface area (TPSA) is 38.2 Å². The second-order valence-corrected chi connectivity index (χ2v) is 3.72. The molecular formula is C8H10BrN3O. The molecule has 0 bridgehead atoms. The van der Waals surface area contributed by atoms with Gasteiger partial charge in [0.05, 0.1) is 17.8 Å². The van der Waals surface area contributed by atoms with Crippen molar-refractivity contribution in [2.24, 2.45) is 0 Å². The van der Waals surface area contributed by atoms with Crippen LogP contribution in [0, 0.1) is 0 Å². The fourth-order valence-electron chi connectivity index (χ4n) is 1.15. The predicted molar refractivity (Wildman–Crippen MR) is 53.1 cm³/mol. The highest BCUT2D eigenvalue weighted by Gasteiger charge is 2.18. The van der Waals surface area contributed by atoms with Crippen molar-refractivity contribution in [2.45, 2.75) is 6.42 Å². The summed E-state index contributed by atoms with van der Waals surface area (Å²) in [6.07, 6.45) is 2.95. The summed E-state index contributed by atoms with van der Waals surface area (Å²) in [5, 5.41) is 0. The zero-order valence-corrected chi connectivity index (χ0v) is 8.91. The molecule has 70 valence electrons. The first-order chi connectivity index (χ1) is 6.31. The first kappa shape index (κ1) is 8.74. The summed E-state index contributed by atoms with van der Waals surface area (Å²) in [6.45, 7) is 2.09. The van der Waals surface area contributed by atoms with Crippen molar-refractivity contribution in [1.82, 2.24) is 9.97 Å². The van der Waals surface area contributed by atoms with Gasteiger partial charge in [-0.05, 0) is 22.4 Å². The largest absolute Gasteiger partial charge is 0.480 e. The van der Waals surface area contributed by atoms with Crippen LogP contribution < -0.4 is 9.64 Å². The van der Waals surface area contributed by atoms with Crippen LogP contribution in [-0.2, 0) is 0 Å². The highest BCUT2D eigenvalue weighted by Crippen LogP contribution is 2.24. The maximum absolute atomic E-state index is 5.08. The van der Waals surface area contributed by atoms with Crippen LogP contribution >= 0.6 is 15.9 Å². The molecule has 1 aliphatic rings. The Morgan fingerprint density at radius 3 is 2.85 bits per heavy atom. The molecule has 0 aromatic carbocycles. The minimum absolute atomic E-state index is 0.594. The number of halogens is 1. The number of nitrogens with zero attached hydrogens (tertiary/aromatic N) is 3. The van der Waals surface area contributed by atoms with Gasteiger partial charge in [-0.2, -0.15) is 4.98 Å². The minimum atomic E-state index is 0.594. The fraction of sp³-hybridized carbons (Fsp3) is 0.500. The number of ether oxygens (including phenoxy) is 1. The van der Waals surface area contributed by atoms with E-state index in [1.165, 1.54) is 6.42 Å². The van der Waals surface area contributed by atoms with Crippen molar-refractivity contribution in [3.8, 4) is 5.88 Å². The summed E-state index contributed by atoms with van der Waals surface area (Å²) in [4.78, 5) is 10.6. The average molecular weight is 244 g/mol. The SMILES string of the molecule is COc1nc(N2CCC2)ncc1Br. The van der Waals surface area contributed by atoms with Gasteiger partial charge in [0.25, 0.3) is 0 Å². The molecule has 1 aliphatic heterocycles. The average Bonchev–Trinajstić information content (AvgIpc) is 2.05. The number of hydrogen-bond acceptors (Lipinski definition) is 4. The smallest absolute Gasteiger partial charge is 0.232 e. The molecule has 0 atom stereocenters. The monoisotopic (exact) mass is 243 g/mol. The summed E-state index contributed by atoms with van der Waals surface area (Å²) in [5.41, 5.74) is 0. The van der Waals surface area contributed by atoms with Crippen LogP contribution in [0.25, 0.3) is 0 Å². The van der Waals surface area contributed by atoms with Crippen LogP contribution in [0.3, 0.4) is 0 Å². The van der Waals surface area contributed by atoms with Crippen molar-refractivity contribution in [3.63, 3.8) is 0 Å². The fourth-order valence-corrected chi connectivity index (χ4v) is 1.51. The molecule has 1 fully saturated rings. The summed E-state index contributed by atoms with van der Waals surface area (Å²) < 4.78 is 5.87. The van der Waals surface area contributed by atoms with Gasteiger partial charge in [-0.25, -0.2) is 4.98 Å². The van der Waals surface area contributed by atoms with Crippen molar-refractivity contribution in [2.75, 3.05) is 25.1 Å². The van der Waals surface area contributed by atoms with Gasteiger partial charge in [-0.15, -0.1) is 0 Å². The molecule has 0 unspecified atom stereocenters. The molecule has 5 heteroatoms.